The Labute approximate surface area is 164 Å². The molecule has 0 atom stereocenters. The van der Waals surface area contributed by atoms with E-state index in [0.717, 1.165) is 11.8 Å². The van der Waals surface area contributed by atoms with Crippen LogP contribution >= 0.6 is 11.8 Å². The Hall–Kier alpha value is -3.05. The molecular weight excluding hydrogens is 406 g/mol. The number of benzene rings is 2. The minimum atomic E-state index is -3.84. The molecule has 1 heterocycles. The number of carbonyl (C=O) groups is 1. The molecule has 11 heteroatoms. The average molecular weight is 421 g/mol. The van der Waals surface area contributed by atoms with Crippen LogP contribution in [0, 0.1) is 0 Å². The minimum Gasteiger partial charge on any atom is -0.497 e. The molecule has 0 saturated heterocycles. The molecule has 9 nitrogen and oxygen atoms in total. The van der Waals surface area contributed by atoms with Crippen LogP contribution in [-0.2, 0) is 14.8 Å². The largest absolute Gasteiger partial charge is 0.497 e. The average Bonchev–Trinajstić information content (AvgIpc) is 3.16. The summed E-state index contributed by atoms with van der Waals surface area (Å²) in [5, 5.41) is 16.3. The summed E-state index contributed by atoms with van der Waals surface area (Å²) in [5.41, 5.74) is 0.781. The first-order valence-electron chi connectivity index (χ1n) is 7.83. The summed E-state index contributed by atoms with van der Waals surface area (Å²) in [6, 6.07) is 12.5. The van der Waals surface area contributed by atoms with Crippen LogP contribution in [0.5, 0.6) is 5.75 Å². The molecule has 0 aliphatic heterocycles. The summed E-state index contributed by atoms with van der Waals surface area (Å²) >= 11 is 0.878. The number of aliphatic carboxylic acids is 1. The van der Waals surface area contributed by atoms with E-state index in [9.17, 15) is 13.2 Å². The van der Waals surface area contributed by atoms with Crippen molar-refractivity contribution in [2.75, 3.05) is 17.6 Å². The third-order valence-electron chi connectivity index (χ3n) is 3.46. The van der Waals surface area contributed by atoms with Crippen molar-refractivity contribution < 1.29 is 27.5 Å². The fourth-order valence-electron chi connectivity index (χ4n) is 2.18. The molecule has 0 saturated carbocycles. The Balaban J connectivity index is 1.80. The number of nitrogens with one attached hydrogen (secondary N) is 1. The van der Waals surface area contributed by atoms with Crippen LogP contribution in [0.2, 0.25) is 0 Å². The maximum absolute atomic E-state index is 12.6. The maximum atomic E-state index is 12.6. The first-order valence-corrected chi connectivity index (χ1v) is 10.3. The fraction of sp³-hybridized carbons (Fsp3) is 0.118. The number of carboxylic acids is 1. The van der Waals surface area contributed by atoms with Gasteiger partial charge in [-0.2, -0.15) is 0 Å². The van der Waals surface area contributed by atoms with E-state index in [1.807, 2.05) is 0 Å². The highest BCUT2D eigenvalue weighted by molar-refractivity contribution is 7.99. The van der Waals surface area contributed by atoms with Gasteiger partial charge < -0.3 is 14.3 Å². The predicted molar refractivity (Wildman–Crippen MR) is 102 cm³/mol. The Morgan fingerprint density at radius 1 is 1.21 bits per heavy atom. The zero-order valence-electron chi connectivity index (χ0n) is 14.5. The molecule has 1 aromatic heterocycles. The summed E-state index contributed by atoms with van der Waals surface area (Å²) in [4.78, 5) is 10.6. The van der Waals surface area contributed by atoms with Crippen LogP contribution in [-0.4, -0.2) is 42.6 Å². The number of ether oxygens (including phenoxy) is 1. The van der Waals surface area contributed by atoms with E-state index >= 15 is 0 Å². The lowest BCUT2D eigenvalue weighted by molar-refractivity contribution is -0.133. The van der Waals surface area contributed by atoms with Crippen molar-refractivity contribution in [2.45, 2.75) is 10.1 Å². The molecule has 0 radical (unpaired) electrons. The Bertz CT molecular complexity index is 1080. The number of hydrogen-bond donors (Lipinski definition) is 2. The van der Waals surface area contributed by atoms with E-state index in [0.29, 0.717) is 17.0 Å². The number of aromatic nitrogens is 2. The third kappa shape index (κ3) is 4.81. The van der Waals surface area contributed by atoms with E-state index in [-0.39, 0.29) is 21.8 Å². The molecule has 2 N–H and O–H groups in total. The number of sulfonamides is 1. The van der Waals surface area contributed by atoms with Crippen molar-refractivity contribution in [3.8, 4) is 17.2 Å². The van der Waals surface area contributed by atoms with Crippen molar-refractivity contribution in [1.82, 2.24) is 10.2 Å². The summed E-state index contributed by atoms with van der Waals surface area (Å²) in [7, 11) is -2.32. The van der Waals surface area contributed by atoms with Gasteiger partial charge in [0.1, 0.15) is 11.5 Å². The molecule has 0 aliphatic carbocycles. The third-order valence-corrected chi connectivity index (χ3v) is 5.64. The van der Waals surface area contributed by atoms with Gasteiger partial charge in [-0.05, 0) is 42.5 Å². The van der Waals surface area contributed by atoms with Crippen LogP contribution in [0.15, 0.2) is 63.1 Å². The van der Waals surface area contributed by atoms with Gasteiger partial charge in [-0.25, -0.2) is 8.42 Å². The first-order chi connectivity index (χ1) is 13.4. The van der Waals surface area contributed by atoms with E-state index in [1.165, 1.54) is 19.2 Å². The van der Waals surface area contributed by atoms with Crippen molar-refractivity contribution in [1.29, 1.82) is 0 Å². The van der Waals surface area contributed by atoms with E-state index < -0.39 is 16.0 Å². The molecule has 0 amide bonds. The van der Waals surface area contributed by atoms with Crippen LogP contribution in [0.3, 0.4) is 0 Å². The second-order valence-electron chi connectivity index (χ2n) is 5.42. The maximum Gasteiger partial charge on any atom is 0.314 e. The van der Waals surface area contributed by atoms with Crippen molar-refractivity contribution in [2.24, 2.45) is 0 Å². The summed E-state index contributed by atoms with van der Waals surface area (Å²) in [6.45, 7) is 0. The normalized spacial score (nSPS) is 11.2. The SMILES string of the molecule is COc1ccc(NS(=O)(=O)c2cccc(-c3nnc(SCC(=O)O)o3)c2)cc1. The Morgan fingerprint density at radius 3 is 2.64 bits per heavy atom. The lowest BCUT2D eigenvalue weighted by Gasteiger charge is -2.09. The molecule has 0 unspecified atom stereocenters. The zero-order chi connectivity index (χ0) is 20.1. The quantitative estimate of drug-likeness (QED) is 0.527. The smallest absolute Gasteiger partial charge is 0.314 e. The number of rotatable bonds is 8. The van der Waals surface area contributed by atoms with Gasteiger partial charge in [0.2, 0.25) is 5.89 Å². The molecule has 3 rings (SSSR count). The number of nitrogens with zero attached hydrogens (tertiary/aromatic N) is 2. The lowest BCUT2D eigenvalue weighted by Crippen LogP contribution is -2.12. The van der Waals surface area contributed by atoms with E-state index in [4.69, 9.17) is 14.3 Å². The van der Waals surface area contributed by atoms with Crippen LogP contribution in [0.1, 0.15) is 0 Å². The molecule has 0 aliphatic rings. The second-order valence-corrected chi connectivity index (χ2v) is 8.03. The highest BCUT2D eigenvalue weighted by atomic mass is 32.2. The van der Waals surface area contributed by atoms with Crippen LogP contribution in [0.4, 0.5) is 5.69 Å². The predicted octanol–water partition coefficient (Wildman–Crippen LogP) is 2.72. The molecule has 146 valence electrons. The molecule has 2 aromatic carbocycles. The van der Waals surface area contributed by atoms with Gasteiger partial charge in [0.25, 0.3) is 15.2 Å². The Morgan fingerprint density at radius 2 is 1.96 bits per heavy atom. The molecular formula is C17H15N3O6S2. The molecule has 3 aromatic rings. The number of anilines is 1. The van der Waals surface area contributed by atoms with Gasteiger partial charge >= 0.3 is 5.97 Å². The van der Waals surface area contributed by atoms with Crippen LogP contribution in [0.25, 0.3) is 11.5 Å². The van der Waals surface area contributed by atoms with Crippen LogP contribution < -0.4 is 9.46 Å². The highest BCUT2D eigenvalue weighted by Gasteiger charge is 2.17. The first kappa shape index (κ1) is 19.7. The molecule has 0 spiro atoms. The Kier molecular flexibility index (Phi) is 5.85. The number of thioether (sulfide) groups is 1. The minimum absolute atomic E-state index is 0.0127. The number of carboxylic acid groups (broad SMARTS) is 1. The van der Waals surface area contributed by atoms with Gasteiger partial charge in [0, 0.05) is 11.3 Å². The molecule has 0 bridgehead atoms. The van der Waals surface area contributed by atoms with E-state index in [1.54, 1.807) is 36.4 Å². The molecule has 0 fully saturated rings. The summed E-state index contributed by atoms with van der Waals surface area (Å²) in [5.74, 6) is -0.531. The second kappa shape index (κ2) is 8.31. The number of hydrogen-bond acceptors (Lipinski definition) is 8. The summed E-state index contributed by atoms with van der Waals surface area (Å²) < 4.78 is 38.2. The fourth-order valence-corrected chi connectivity index (χ4v) is 3.77. The zero-order valence-corrected chi connectivity index (χ0v) is 16.2. The number of methoxy groups -OCH3 is 1. The molecule has 28 heavy (non-hydrogen) atoms. The topological polar surface area (TPSA) is 132 Å². The van der Waals surface area contributed by atoms with Crippen molar-refractivity contribution in [3.63, 3.8) is 0 Å². The van der Waals surface area contributed by atoms with Gasteiger partial charge in [0.05, 0.1) is 12.0 Å². The monoisotopic (exact) mass is 421 g/mol. The van der Waals surface area contributed by atoms with Gasteiger partial charge in [-0.15, -0.1) is 10.2 Å². The lowest BCUT2D eigenvalue weighted by atomic mass is 10.2. The van der Waals surface area contributed by atoms with Gasteiger partial charge in [-0.3, -0.25) is 9.52 Å². The van der Waals surface area contributed by atoms with Gasteiger partial charge in [0.15, 0.2) is 0 Å². The van der Waals surface area contributed by atoms with Crippen molar-refractivity contribution >= 4 is 33.4 Å². The van der Waals surface area contributed by atoms with E-state index in [2.05, 4.69) is 14.9 Å². The summed E-state index contributed by atoms with van der Waals surface area (Å²) in [6.07, 6.45) is 0. The highest BCUT2D eigenvalue weighted by Crippen LogP contribution is 2.26. The van der Waals surface area contributed by atoms with Gasteiger partial charge in [-0.1, -0.05) is 17.8 Å². The standard InChI is InChI=1S/C17H15N3O6S2/c1-25-13-7-5-12(6-8-13)20-28(23,24)14-4-2-3-11(9-14)16-18-19-17(26-16)27-10-15(21)22/h2-9,20H,10H2,1H3,(H,21,22). The van der Waals surface area contributed by atoms with Crippen molar-refractivity contribution in [3.05, 3.63) is 48.5 Å².